The molecule has 1 fully saturated rings. The molecule has 2 rings (SSSR count). The minimum absolute atomic E-state index is 0.0116. The van der Waals surface area contributed by atoms with Crippen molar-refractivity contribution in [2.45, 2.75) is 25.8 Å². The molecule has 1 aromatic rings. The maximum atomic E-state index is 11.8. The number of carboxylic acids is 1. The lowest BCUT2D eigenvalue weighted by molar-refractivity contribution is -0.140. The van der Waals surface area contributed by atoms with Gasteiger partial charge in [-0.15, -0.1) is 11.3 Å². The number of carbonyl (C=O) groups excluding carboxylic acids is 1. The van der Waals surface area contributed by atoms with Crippen LogP contribution >= 0.6 is 11.3 Å². The van der Waals surface area contributed by atoms with Gasteiger partial charge in [0, 0.05) is 4.88 Å². The number of aliphatic carboxylic acids is 1. The number of amides is 1. The molecule has 0 saturated heterocycles. The molecule has 3 atom stereocenters. The molecule has 2 N–H and O–H groups in total. The molecule has 0 bridgehead atoms. The average Bonchev–Trinajstić information content (AvgIpc) is 2.94. The van der Waals surface area contributed by atoms with E-state index in [-0.39, 0.29) is 17.9 Å². The summed E-state index contributed by atoms with van der Waals surface area (Å²) in [7, 11) is 0. The number of nitrogens with one attached hydrogen (secondary N) is 1. The highest BCUT2D eigenvalue weighted by atomic mass is 32.1. The quantitative estimate of drug-likeness (QED) is 0.843. The number of hydrogen-bond donors (Lipinski definition) is 2. The van der Waals surface area contributed by atoms with Gasteiger partial charge in [0.1, 0.15) is 0 Å². The van der Waals surface area contributed by atoms with Gasteiger partial charge in [0.15, 0.2) is 0 Å². The minimum atomic E-state index is -0.866. The minimum Gasteiger partial charge on any atom is -0.481 e. The molecule has 1 heterocycles. The largest absolute Gasteiger partial charge is 0.481 e. The van der Waals surface area contributed by atoms with Crippen LogP contribution < -0.4 is 5.32 Å². The lowest BCUT2D eigenvalue weighted by Crippen LogP contribution is -2.30. The number of carboxylic acid groups (broad SMARTS) is 1. The van der Waals surface area contributed by atoms with E-state index in [9.17, 15) is 9.59 Å². The van der Waals surface area contributed by atoms with Crippen LogP contribution in [0.25, 0.3) is 0 Å². The van der Waals surface area contributed by atoms with Crippen molar-refractivity contribution < 1.29 is 14.7 Å². The van der Waals surface area contributed by atoms with Crippen LogP contribution in [0.2, 0.25) is 0 Å². The van der Waals surface area contributed by atoms with Crippen molar-refractivity contribution in [3.8, 4) is 0 Å². The van der Waals surface area contributed by atoms with Gasteiger partial charge < -0.3 is 10.4 Å². The maximum absolute atomic E-state index is 11.8. The Morgan fingerprint density at radius 2 is 2.35 bits per heavy atom. The Morgan fingerprint density at radius 1 is 1.59 bits per heavy atom. The highest BCUT2D eigenvalue weighted by molar-refractivity contribution is 7.10. The van der Waals surface area contributed by atoms with Crippen LogP contribution in [0.3, 0.4) is 0 Å². The summed E-state index contributed by atoms with van der Waals surface area (Å²) >= 11 is 1.61. The summed E-state index contributed by atoms with van der Waals surface area (Å²) in [6.07, 6.45) is 1.29. The molecule has 0 spiro atoms. The van der Waals surface area contributed by atoms with Gasteiger partial charge >= 0.3 is 5.97 Å². The molecule has 17 heavy (non-hydrogen) atoms. The lowest BCUT2D eigenvalue weighted by Gasteiger charge is -2.15. The molecule has 5 heteroatoms. The van der Waals surface area contributed by atoms with Gasteiger partial charge in [0.25, 0.3) is 0 Å². The predicted octanol–water partition coefficient (Wildman–Crippen LogP) is 2.04. The Bertz CT molecular complexity index is 415. The Balaban J connectivity index is 1.92. The lowest BCUT2D eigenvalue weighted by atomic mass is 10.1. The number of thiophene rings is 1. The fraction of sp³-hybridized carbons (Fsp3) is 0.500. The van der Waals surface area contributed by atoms with Crippen molar-refractivity contribution in [2.75, 3.05) is 0 Å². The van der Waals surface area contributed by atoms with Gasteiger partial charge in [-0.1, -0.05) is 13.0 Å². The van der Waals surface area contributed by atoms with E-state index in [2.05, 4.69) is 5.32 Å². The number of hydrogen-bond acceptors (Lipinski definition) is 3. The molecule has 0 radical (unpaired) electrons. The summed E-state index contributed by atoms with van der Waals surface area (Å²) in [6.45, 7) is 2.01. The first kappa shape index (κ1) is 12.1. The van der Waals surface area contributed by atoms with E-state index in [1.54, 1.807) is 11.3 Å². The zero-order valence-electron chi connectivity index (χ0n) is 9.55. The van der Waals surface area contributed by atoms with E-state index in [1.165, 1.54) is 0 Å². The van der Waals surface area contributed by atoms with E-state index in [0.29, 0.717) is 6.42 Å². The van der Waals surface area contributed by atoms with Gasteiger partial charge in [-0.3, -0.25) is 9.59 Å². The standard InChI is InChI=1S/C12H15NO3S/c1-2-9(10-4-3-5-17-10)13-11(14)7-6-8(7)12(15)16/h3-5,7-9H,2,6H2,1H3,(H,13,14)(H,15,16)/t7-,8-,9-/m0/s1. The molecule has 92 valence electrons. The summed E-state index contributed by atoms with van der Waals surface area (Å²) in [5.74, 6) is -1.80. The summed E-state index contributed by atoms with van der Waals surface area (Å²) in [4.78, 5) is 23.6. The first-order chi connectivity index (χ1) is 8.13. The van der Waals surface area contributed by atoms with E-state index in [4.69, 9.17) is 5.11 Å². The molecule has 0 aromatic carbocycles. The van der Waals surface area contributed by atoms with Gasteiger partial charge in [0.2, 0.25) is 5.91 Å². The van der Waals surface area contributed by atoms with Crippen molar-refractivity contribution in [2.24, 2.45) is 11.8 Å². The third kappa shape index (κ3) is 2.66. The number of rotatable bonds is 5. The Hall–Kier alpha value is -1.36. The van der Waals surface area contributed by atoms with Gasteiger partial charge in [-0.2, -0.15) is 0 Å². The van der Waals surface area contributed by atoms with Crippen LogP contribution in [0, 0.1) is 11.8 Å². The van der Waals surface area contributed by atoms with Crippen molar-refractivity contribution >= 4 is 23.2 Å². The topological polar surface area (TPSA) is 66.4 Å². The molecule has 0 aliphatic heterocycles. The van der Waals surface area contributed by atoms with Gasteiger partial charge in [0.05, 0.1) is 17.9 Å². The van der Waals surface area contributed by atoms with Crippen molar-refractivity contribution in [3.63, 3.8) is 0 Å². The molecule has 1 aliphatic rings. The molecule has 0 unspecified atom stereocenters. The summed E-state index contributed by atoms with van der Waals surface area (Å²) in [6, 6.07) is 3.95. The second kappa shape index (κ2) is 4.87. The smallest absolute Gasteiger partial charge is 0.307 e. The zero-order chi connectivity index (χ0) is 12.4. The average molecular weight is 253 g/mol. The van der Waals surface area contributed by atoms with E-state index >= 15 is 0 Å². The Labute approximate surface area is 104 Å². The predicted molar refractivity (Wildman–Crippen MR) is 64.7 cm³/mol. The fourth-order valence-corrected chi connectivity index (χ4v) is 2.76. The summed E-state index contributed by atoms with van der Waals surface area (Å²) in [5, 5.41) is 13.7. The normalized spacial score (nSPS) is 24.1. The molecular weight excluding hydrogens is 238 g/mol. The molecule has 1 amide bonds. The molecule has 4 nitrogen and oxygen atoms in total. The van der Waals surface area contributed by atoms with E-state index < -0.39 is 11.9 Å². The molecular formula is C12H15NO3S. The zero-order valence-corrected chi connectivity index (χ0v) is 10.4. The second-order valence-electron chi connectivity index (χ2n) is 4.27. The first-order valence-corrected chi connectivity index (χ1v) is 6.58. The monoisotopic (exact) mass is 253 g/mol. The van der Waals surface area contributed by atoms with Gasteiger partial charge in [-0.25, -0.2) is 0 Å². The third-order valence-electron chi connectivity index (χ3n) is 3.06. The van der Waals surface area contributed by atoms with Crippen molar-refractivity contribution in [1.29, 1.82) is 0 Å². The fourth-order valence-electron chi connectivity index (χ4n) is 1.90. The van der Waals surface area contributed by atoms with E-state index in [1.807, 2.05) is 24.4 Å². The van der Waals surface area contributed by atoms with Crippen LogP contribution in [0.4, 0.5) is 0 Å². The summed E-state index contributed by atoms with van der Waals surface area (Å²) < 4.78 is 0. The van der Waals surface area contributed by atoms with Crippen LogP contribution in [-0.4, -0.2) is 17.0 Å². The van der Waals surface area contributed by atoms with Crippen LogP contribution in [0.1, 0.15) is 30.7 Å². The first-order valence-electron chi connectivity index (χ1n) is 5.70. The molecule has 1 aliphatic carbocycles. The Kier molecular flexibility index (Phi) is 3.47. The Morgan fingerprint density at radius 3 is 2.82 bits per heavy atom. The highest BCUT2D eigenvalue weighted by Gasteiger charge is 2.48. The second-order valence-corrected chi connectivity index (χ2v) is 5.25. The van der Waals surface area contributed by atoms with Crippen LogP contribution in [-0.2, 0) is 9.59 Å². The van der Waals surface area contributed by atoms with Crippen LogP contribution in [0.15, 0.2) is 17.5 Å². The highest BCUT2D eigenvalue weighted by Crippen LogP contribution is 2.39. The van der Waals surface area contributed by atoms with Gasteiger partial charge in [-0.05, 0) is 24.3 Å². The van der Waals surface area contributed by atoms with E-state index in [0.717, 1.165) is 11.3 Å². The van der Waals surface area contributed by atoms with Crippen molar-refractivity contribution in [3.05, 3.63) is 22.4 Å². The molecule has 1 aromatic heterocycles. The SMILES string of the molecule is CC[C@H](NC(=O)[C@H]1C[C@@H]1C(=O)O)c1cccs1. The molecule has 1 saturated carbocycles. The van der Waals surface area contributed by atoms with Crippen LogP contribution in [0.5, 0.6) is 0 Å². The third-order valence-corrected chi connectivity index (χ3v) is 4.04. The maximum Gasteiger partial charge on any atom is 0.307 e. The van der Waals surface area contributed by atoms with Crippen molar-refractivity contribution in [1.82, 2.24) is 5.32 Å². The number of carbonyl (C=O) groups is 2. The summed E-state index contributed by atoms with van der Waals surface area (Å²) in [5.41, 5.74) is 0.